The molecule has 0 aromatic heterocycles. The van der Waals surface area contributed by atoms with Crippen molar-refractivity contribution in [1.82, 2.24) is 10.0 Å². The molecule has 0 bridgehead atoms. The minimum atomic E-state index is -3.75. The van der Waals surface area contributed by atoms with Crippen molar-refractivity contribution in [2.24, 2.45) is 0 Å². The second-order valence-corrected chi connectivity index (χ2v) is 7.41. The number of hydrogen-bond acceptors (Lipinski definition) is 3. The maximum atomic E-state index is 13.6. The summed E-state index contributed by atoms with van der Waals surface area (Å²) in [5.74, 6) is -0.519. The van der Waals surface area contributed by atoms with Crippen molar-refractivity contribution in [2.45, 2.75) is 24.3 Å². The molecule has 122 valence electrons. The minimum Gasteiger partial charge on any atom is -0.308 e. The molecule has 4 nitrogen and oxygen atoms in total. The normalized spacial score (nSPS) is 17.7. The Hall–Kier alpha value is -1.76. The van der Waals surface area contributed by atoms with Crippen LogP contribution in [0.5, 0.6) is 0 Å². The van der Waals surface area contributed by atoms with Crippen LogP contribution in [0.1, 0.15) is 22.7 Å². The summed E-state index contributed by atoms with van der Waals surface area (Å²) in [6, 6.07) is 12.0. The summed E-state index contributed by atoms with van der Waals surface area (Å²) in [6.07, 6.45) is 0.933. The monoisotopic (exact) mass is 334 g/mol. The van der Waals surface area contributed by atoms with Crippen molar-refractivity contribution in [1.29, 1.82) is 0 Å². The Morgan fingerprint density at radius 2 is 2.00 bits per heavy atom. The fraction of sp³-hybridized carbons (Fsp3) is 0.294. The van der Waals surface area contributed by atoms with Crippen LogP contribution in [0, 0.1) is 12.7 Å². The van der Waals surface area contributed by atoms with Crippen molar-refractivity contribution < 1.29 is 12.8 Å². The largest absolute Gasteiger partial charge is 0.308 e. The first-order valence-corrected chi connectivity index (χ1v) is 9.03. The Morgan fingerprint density at radius 1 is 1.22 bits per heavy atom. The van der Waals surface area contributed by atoms with Gasteiger partial charge in [0.05, 0.1) is 4.90 Å². The lowest BCUT2D eigenvalue weighted by molar-refractivity contribution is 0.491. The van der Waals surface area contributed by atoms with E-state index in [1.165, 1.54) is 30.7 Å². The van der Waals surface area contributed by atoms with E-state index in [0.717, 1.165) is 18.5 Å². The molecule has 1 aliphatic rings. The maximum absolute atomic E-state index is 13.6. The molecule has 2 aromatic rings. The van der Waals surface area contributed by atoms with Gasteiger partial charge in [-0.05, 0) is 43.1 Å². The minimum absolute atomic E-state index is 0.0124. The van der Waals surface area contributed by atoms with E-state index >= 15 is 0 Å². The molecule has 1 heterocycles. The smallest absolute Gasteiger partial charge is 0.240 e. The Balaban J connectivity index is 1.80. The third kappa shape index (κ3) is 3.29. The van der Waals surface area contributed by atoms with Crippen LogP contribution in [0.25, 0.3) is 0 Å². The molecule has 0 fully saturated rings. The maximum Gasteiger partial charge on any atom is 0.240 e. The quantitative estimate of drug-likeness (QED) is 0.902. The highest BCUT2D eigenvalue weighted by atomic mass is 32.2. The summed E-state index contributed by atoms with van der Waals surface area (Å²) in [7, 11) is -3.75. The average molecular weight is 334 g/mol. The van der Waals surface area contributed by atoms with E-state index in [0.29, 0.717) is 0 Å². The van der Waals surface area contributed by atoms with Crippen LogP contribution in [0.2, 0.25) is 0 Å². The molecule has 23 heavy (non-hydrogen) atoms. The Labute approximate surface area is 135 Å². The lowest BCUT2D eigenvalue weighted by Crippen LogP contribution is -2.39. The van der Waals surface area contributed by atoms with Crippen molar-refractivity contribution in [3.63, 3.8) is 0 Å². The third-order valence-corrected chi connectivity index (χ3v) is 5.77. The van der Waals surface area contributed by atoms with Gasteiger partial charge in [0.1, 0.15) is 5.82 Å². The molecule has 1 atom stereocenters. The molecule has 0 aliphatic carbocycles. The van der Waals surface area contributed by atoms with Gasteiger partial charge in [-0.15, -0.1) is 0 Å². The number of nitrogens with one attached hydrogen (secondary N) is 2. The van der Waals surface area contributed by atoms with E-state index in [1.807, 2.05) is 18.2 Å². The lowest BCUT2D eigenvalue weighted by Gasteiger charge is -2.27. The molecule has 6 heteroatoms. The number of fused-ring (bicyclic) bond motifs is 1. The van der Waals surface area contributed by atoms with Gasteiger partial charge in [-0.25, -0.2) is 17.5 Å². The molecule has 3 rings (SSSR count). The van der Waals surface area contributed by atoms with Gasteiger partial charge in [-0.3, -0.25) is 0 Å². The van der Waals surface area contributed by atoms with E-state index in [-0.39, 0.29) is 23.0 Å². The fourth-order valence-corrected chi connectivity index (χ4v) is 4.22. The predicted octanol–water partition coefficient (Wildman–Crippen LogP) is 2.30. The zero-order valence-corrected chi connectivity index (χ0v) is 13.7. The van der Waals surface area contributed by atoms with E-state index in [9.17, 15) is 12.8 Å². The highest BCUT2D eigenvalue weighted by Gasteiger charge is 2.23. The second-order valence-electron chi connectivity index (χ2n) is 5.67. The van der Waals surface area contributed by atoms with Crippen LogP contribution in [0.15, 0.2) is 47.4 Å². The summed E-state index contributed by atoms with van der Waals surface area (Å²) >= 11 is 0. The SMILES string of the molecule is Cc1c(F)cccc1S(=O)(=O)NCC1NCCc2ccccc21. The summed E-state index contributed by atoms with van der Waals surface area (Å²) in [5.41, 5.74) is 2.48. The highest BCUT2D eigenvalue weighted by Crippen LogP contribution is 2.23. The summed E-state index contributed by atoms with van der Waals surface area (Å²) in [5, 5.41) is 3.32. The van der Waals surface area contributed by atoms with E-state index in [2.05, 4.69) is 16.1 Å². The van der Waals surface area contributed by atoms with Crippen LogP contribution in [-0.4, -0.2) is 21.5 Å². The summed E-state index contributed by atoms with van der Waals surface area (Å²) in [4.78, 5) is -0.0124. The summed E-state index contributed by atoms with van der Waals surface area (Å²) < 4.78 is 41.1. The molecule has 2 N–H and O–H groups in total. The lowest BCUT2D eigenvalue weighted by atomic mass is 9.95. The molecular weight excluding hydrogens is 315 g/mol. The highest BCUT2D eigenvalue weighted by molar-refractivity contribution is 7.89. The molecular formula is C17H19FN2O2S. The van der Waals surface area contributed by atoms with Crippen LogP contribution >= 0.6 is 0 Å². The first kappa shape index (κ1) is 16.1. The molecule has 0 saturated carbocycles. The molecule has 0 saturated heterocycles. The molecule has 2 aromatic carbocycles. The van der Waals surface area contributed by atoms with Crippen LogP contribution in [0.4, 0.5) is 4.39 Å². The van der Waals surface area contributed by atoms with Crippen LogP contribution in [0.3, 0.4) is 0 Å². The first-order chi connectivity index (χ1) is 11.0. The standard InChI is InChI=1S/C17H19FN2O2S/c1-12-15(18)7-4-8-17(12)23(21,22)20-11-16-14-6-3-2-5-13(14)9-10-19-16/h2-8,16,19-20H,9-11H2,1H3. The van der Waals surface area contributed by atoms with E-state index in [4.69, 9.17) is 0 Å². The Morgan fingerprint density at radius 3 is 2.83 bits per heavy atom. The molecule has 0 spiro atoms. The van der Waals surface area contributed by atoms with Crippen molar-refractivity contribution in [3.05, 3.63) is 65.0 Å². The van der Waals surface area contributed by atoms with Crippen molar-refractivity contribution in [2.75, 3.05) is 13.1 Å². The van der Waals surface area contributed by atoms with Gasteiger partial charge < -0.3 is 5.32 Å². The van der Waals surface area contributed by atoms with Gasteiger partial charge in [0, 0.05) is 18.2 Å². The summed E-state index contributed by atoms with van der Waals surface area (Å²) in [6.45, 7) is 2.51. The number of rotatable bonds is 4. The van der Waals surface area contributed by atoms with Gasteiger partial charge >= 0.3 is 0 Å². The number of hydrogen-bond donors (Lipinski definition) is 2. The predicted molar refractivity (Wildman–Crippen MR) is 87.2 cm³/mol. The number of halogens is 1. The van der Waals surface area contributed by atoms with Crippen molar-refractivity contribution in [3.8, 4) is 0 Å². The van der Waals surface area contributed by atoms with Crippen LogP contribution in [-0.2, 0) is 16.4 Å². The number of benzene rings is 2. The van der Waals surface area contributed by atoms with Gasteiger partial charge in [-0.1, -0.05) is 30.3 Å². The van der Waals surface area contributed by atoms with Crippen LogP contribution < -0.4 is 10.0 Å². The zero-order chi connectivity index (χ0) is 16.4. The second kappa shape index (κ2) is 6.39. The molecule has 1 unspecified atom stereocenters. The van der Waals surface area contributed by atoms with Gasteiger partial charge in [0.2, 0.25) is 10.0 Å². The van der Waals surface area contributed by atoms with Crippen molar-refractivity contribution >= 4 is 10.0 Å². The Kier molecular flexibility index (Phi) is 4.48. The third-order valence-electron chi connectivity index (χ3n) is 4.20. The Bertz CT molecular complexity index is 821. The van der Waals surface area contributed by atoms with Gasteiger partial charge in [0.15, 0.2) is 0 Å². The van der Waals surface area contributed by atoms with E-state index < -0.39 is 15.8 Å². The zero-order valence-electron chi connectivity index (χ0n) is 12.8. The average Bonchev–Trinajstić information content (AvgIpc) is 2.55. The first-order valence-electron chi connectivity index (χ1n) is 7.55. The topological polar surface area (TPSA) is 58.2 Å². The van der Waals surface area contributed by atoms with Gasteiger partial charge in [0.25, 0.3) is 0 Å². The fourth-order valence-electron chi connectivity index (χ4n) is 2.92. The van der Waals surface area contributed by atoms with E-state index in [1.54, 1.807) is 0 Å². The molecule has 0 amide bonds. The molecule has 1 aliphatic heterocycles. The molecule has 0 radical (unpaired) electrons. The number of sulfonamides is 1. The van der Waals surface area contributed by atoms with Gasteiger partial charge in [-0.2, -0.15) is 0 Å².